The maximum Gasteiger partial charge on any atom is 0.187 e. The van der Waals surface area contributed by atoms with Gasteiger partial charge in [-0.2, -0.15) is 0 Å². The van der Waals surface area contributed by atoms with Gasteiger partial charge in [-0.05, 0) is 23.1 Å². The normalized spacial score (nSPS) is 43.6. The van der Waals surface area contributed by atoms with Gasteiger partial charge in [0.05, 0.1) is 52.9 Å². The Bertz CT molecular complexity index is 2380. The summed E-state index contributed by atoms with van der Waals surface area (Å²) in [4.78, 5) is 2.64. The van der Waals surface area contributed by atoms with E-state index < -0.39 is 224 Å². The molecular weight excluding hydrogens is 1170 g/mol. The molecule has 30 atom stereocenters. The van der Waals surface area contributed by atoms with Crippen molar-refractivity contribution in [3.05, 3.63) is 82.2 Å². The number of benzene rings is 2. The van der Waals surface area contributed by atoms with Crippen molar-refractivity contribution >= 4 is 0 Å². The molecule has 87 heavy (non-hydrogen) atoms. The van der Waals surface area contributed by atoms with Crippen LogP contribution in [0.3, 0.4) is 0 Å². The van der Waals surface area contributed by atoms with Crippen molar-refractivity contribution in [2.24, 2.45) is 5.11 Å². The Labute approximate surface area is 496 Å². The highest BCUT2D eigenvalue weighted by molar-refractivity contribution is 5.15. The molecule has 17 N–H and O–H groups in total. The zero-order chi connectivity index (χ0) is 62.6. The van der Waals surface area contributed by atoms with Gasteiger partial charge in [-0.1, -0.05) is 65.8 Å². The molecule has 0 radical (unpaired) electrons. The molecule has 0 unspecified atom stereocenters. The van der Waals surface area contributed by atoms with Crippen LogP contribution in [0.4, 0.5) is 0 Å². The number of aliphatic hydroxyl groups excluding tert-OH is 17. The second-order valence-corrected chi connectivity index (χ2v) is 21.6. The predicted octanol–water partition coefficient (Wildman–Crippen LogP) is -7.93. The Kier molecular flexibility index (Phi) is 26.1. The van der Waals surface area contributed by atoms with Gasteiger partial charge in [0.1, 0.15) is 146 Å². The largest absolute Gasteiger partial charge is 0.394 e. The molecule has 492 valence electrons. The van der Waals surface area contributed by atoms with Gasteiger partial charge in [0, 0.05) is 18.1 Å². The maximum absolute atomic E-state index is 11.4. The zero-order valence-electron chi connectivity index (χ0n) is 46.5. The summed E-state index contributed by atoms with van der Waals surface area (Å²) in [6.45, 7) is -5.07. The first kappa shape index (κ1) is 69.4. The van der Waals surface area contributed by atoms with E-state index in [0.29, 0.717) is 11.1 Å². The van der Waals surface area contributed by atoms with E-state index in [0.717, 1.165) is 0 Å². The van der Waals surface area contributed by atoms with Crippen LogP contribution < -0.4 is 0 Å². The Balaban J connectivity index is 1.07. The second-order valence-electron chi connectivity index (χ2n) is 21.6. The van der Waals surface area contributed by atoms with Gasteiger partial charge >= 0.3 is 0 Å². The Morgan fingerprint density at radius 3 is 1.10 bits per heavy atom. The summed E-state index contributed by atoms with van der Waals surface area (Å²) in [6.07, 6.45) is -52.8. The van der Waals surface area contributed by atoms with E-state index in [-0.39, 0.29) is 32.8 Å². The summed E-state index contributed by atoms with van der Waals surface area (Å²) in [5, 5.41) is 187. The average molecular weight is 1250 g/mol. The lowest BCUT2D eigenvalue weighted by molar-refractivity contribution is -0.384. The molecule has 0 aromatic heterocycles. The fourth-order valence-electron chi connectivity index (χ4n) is 10.5. The third-order valence-corrected chi connectivity index (χ3v) is 15.6. The van der Waals surface area contributed by atoms with Gasteiger partial charge in [-0.3, -0.25) is 0 Å². The highest BCUT2D eigenvalue weighted by Crippen LogP contribution is 2.36. The van der Waals surface area contributed by atoms with E-state index in [4.69, 9.17) is 71.8 Å². The lowest BCUT2D eigenvalue weighted by Gasteiger charge is -2.49. The number of ether oxygens (including phenoxy) is 14. The maximum atomic E-state index is 11.4. The molecule has 6 saturated heterocycles. The van der Waals surface area contributed by atoms with Crippen LogP contribution in [-0.4, -0.2) is 324 Å². The van der Waals surface area contributed by atoms with Crippen molar-refractivity contribution < 1.29 is 153 Å². The zero-order valence-corrected chi connectivity index (χ0v) is 46.5. The van der Waals surface area contributed by atoms with Crippen molar-refractivity contribution in [2.45, 2.75) is 204 Å². The molecule has 2 aromatic carbocycles. The minimum atomic E-state index is -2.04. The monoisotopic (exact) mass is 1250 g/mol. The smallest absolute Gasteiger partial charge is 0.187 e. The molecule has 2 aromatic rings. The van der Waals surface area contributed by atoms with Gasteiger partial charge < -0.3 is 153 Å². The summed E-state index contributed by atoms with van der Waals surface area (Å²) in [6, 6.07) is 17.3. The number of rotatable bonds is 27. The molecule has 0 spiro atoms. The molecule has 6 heterocycles. The highest BCUT2D eigenvalue weighted by atomic mass is 16.8. The number of hydrogen-bond acceptors (Lipinski definition) is 32. The standard InChI is InChI=1S/C53H79N3O31/c54-56-55-12-7-13-74-48-40(69)37(66)32(61)26(83-48)18-78-50-42(71)39(68)34(63)28(85-50)20-80-53-47(87-52-44(73)36(65)31(60)25(15-58)82-52)46(76-17-23-10-5-2-6-11-23)45(75-16-22-8-3-1-4-9-22)29(86-53)21-79-51-43(72)38(67)33(62)27(84-51)19-77-49-41(70)35(64)30(59)24(14-57)81-49/h1-6,8-11,24-53,57-73H,7,12-21H2/t24-,25-,26-,27-,28-,29-,30-,31-,32-,33-,34-,35+,36+,37+,38+,39+,40+,41+,42+,43+,44+,45-,46+,47+,48+,49+,50+,51+,52-,53+/m1/s1. The van der Waals surface area contributed by atoms with E-state index in [1.165, 1.54) is 0 Å². The van der Waals surface area contributed by atoms with E-state index in [1.807, 2.05) is 0 Å². The van der Waals surface area contributed by atoms with Crippen LogP contribution in [0.1, 0.15) is 17.5 Å². The number of azide groups is 1. The van der Waals surface area contributed by atoms with Crippen LogP contribution in [0, 0.1) is 0 Å². The molecule has 0 aliphatic carbocycles. The fourth-order valence-corrected chi connectivity index (χ4v) is 10.5. The van der Waals surface area contributed by atoms with Crippen LogP contribution in [-0.2, 0) is 79.5 Å². The third-order valence-electron chi connectivity index (χ3n) is 15.6. The molecule has 8 rings (SSSR count). The van der Waals surface area contributed by atoms with Crippen molar-refractivity contribution in [1.29, 1.82) is 0 Å². The Hall–Kier alpha value is -3.49. The SMILES string of the molecule is [N-]=[N+]=NCCCO[C@H]1O[C@H](CO[C@H]2O[C@H](CO[C@H]3O[C@H](CO[C@H]4O[C@H](CO[C@H]5O[C@H](CO)[C@@H](O)[C@H](O)[C@@H]5O)[C@@H](O)[C@H](O)[C@@H]4O)[C@@H](OCc4ccccc4)[C@H](OCc4ccccc4)[C@@H]3O[C@H]3O[C@H](CO)[C@@H](O)[C@H](O)[C@@H]3O)[C@@H](O)[C@H](O)[C@@H]2O)[C@@H](O)[C@H](O)[C@@H]1O. The molecule has 34 nitrogen and oxygen atoms in total. The van der Waals surface area contributed by atoms with E-state index in [1.54, 1.807) is 60.7 Å². The summed E-state index contributed by atoms with van der Waals surface area (Å²) in [5.41, 5.74) is 9.76. The summed E-state index contributed by atoms with van der Waals surface area (Å²) in [7, 11) is 0. The average Bonchev–Trinajstić information content (AvgIpc) is 1.32. The molecule has 6 fully saturated rings. The quantitative estimate of drug-likeness (QED) is 0.0171. The van der Waals surface area contributed by atoms with Gasteiger partial charge in [-0.15, -0.1) is 0 Å². The molecule has 0 bridgehead atoms. The summed E-state index contributed by atoms with van der Waals surface area (Å²) >= 11 is 0. The number of hydrogen-bond donors (Lipinski definition) is 17. The van der Waals surface area contributed by atoms with Crippen LogP contribution in [0.25, 0.3) is 10.4 Å². The van der Waals surface area contributed by atoms with E-state index >= 15 is 0 Å². The highest BCUT2D eigenvalue weighted by Gasteiger charge is 2.56. The minimum Gasteiger partial charge on any atom is -0.394 e. The van der Waals surface area contributed by atoms with E-state index in [9.17, 15) is 86.8 Å². The third kappa shape index (κ3) is 17.0. The van der Waals surface area contributed by atoms with Crippen molar-refractivity contribution in [3.8, 4) is 0 Å². The van der Waals surface area contributed by atoms with Crippen molar-refractivity contribution in [2.75, 3.05) is 52.8 Å². The van der Waals surface area contributed by atoms with E-state index in [2.05, 4.69) is 10.0 Å². The van der Waals surface area contributed by atoms with Gasteiger partial charge in [0.15, 0.2) is 37.7 Å². The van der Waals surface area contributed by atoms with Crippen molar-refractivity contribution in [3.63, 3.8) is 0 Å². The van der Waals surface area contributed by atoms with Gasteiger partial charge in [0.25, 0.3) is 0 Å². The molecule has 34 heteroatoms. The first-order valence-electron chi connectivity index (χ1n) is 28.2. The Morgan fingerprint density at radius 2 is 0.690 bits per heavy atom. The molecule has 6 aliphatic rings. The fraction of sp³-hybridized carbons (Fsp3) is 0.774. The molecule has 6 aliphatic heterocycles. The topological polar surface area (TPSA) is 522 Å². The van der Waals surface area contributed by atoms with Crippen LogP contribution in [0.2, 0.25) is 0 Å². The van der Waals surface area contributed by atoms with Crippen LogP contribution in [0.5, 0.6) is 0 Å². The lowest BCUT2D eigenvalue weighted by Crippen LogP contribution is -2.66. The number of nitrogens with zero attached hydrogens (tertiary/aromatic N) is 3. The summed E-state index contributed by atoms with van der Waals surface area (Å²) < 4.78 is 84.3. The van der Waals surface area contributed by atoms with Crippen molar-refractivity contribution in [1.82, 2.24) is 0 Å². The first-order valence-corrected chi connectivity index (χ1v) is 28.2. The lowest BCUT2D eigenvalue weighted by atomic mass is 9.96. The van der Waals surface area contributed by atoms with Gasteiger partial charge in [-0.25, -0.2) is 0 Å². The first-order chi connectivity index (χ1) is 41.8. The Morgan fingerprint density at radius 1 is 0.356 bits per heavy atom. The van der Waals surface area contributed by atoms with Crippen LogP contribution in [0.15, 0.2) is 65.8 Å². The summed E-state index contributed by atoms with van der Waals surface area (Å²) in [5.74, 6) is 0. The van der Waals surface area contributed by atoms with Gasteiger partial charge in [0.2, 0.25) is 0 Å². The van der Waals surface area contributed by atoms with Crippen LogP contribution >= 0.6 is 0 Å². The number of aliphatic hydroxyl groups is 17. The molecule has 0 amide bonds. The molecule has 0 saturated carbocycles. The molecular formula is C53H79N3O31. The minimum absolute atomic E-state index is 0.0342. The predicted molar refractivity (Wildman–Crippen MR) is 280 cm³/mol. The second kappa shape index (κ2) is 32.7.